The molecule has 0 atom stereocenters. The molecule has 0 saturated carbocycles. The highest BCUT2D eigenvalue weighted by atomic mass is 32.1. The van der Waals surface area contributed by atoms with Crippen molar-refractivity contribution in [3.8, 4) is 0 Å². The van der Waals surface area contributed by atoms with Gasteiger partial charge >= 0.3 is 6.03 Å². The molecule has 6 nitrogen and oxygen atoms in total. The van der Waals surface area contributed by atoms with Crippen molar-refractivity contribution < 1.29 is 4.79 Å². The molecule has 0 aliphatic carbocycles. The Morgan fingerprint density at radius 3 is 2.76 bits per heavy atom. The van der Waals surface area contributed by atoms with Crippen LogP contribution >= 0.6 is 11.3 Å². The van der Waals surface area contributed by atoms with Gasteiger partial charge in [0.15, 0.2) is 0 Å². The maximum Gasteiger partial charge on any atom is 0.317 e. The molecule has 3 rings (SSSR count). The molecule has 1 aromatic heterocycles. The van der Waals surface area contributed by atoms with E-state index >= 15 is 0 Å². The van der Waals surface area contributed by atoms with Crippen molar-refractivity contribution in [3.63, 3.8) is 0 Å². The normalized spacial score (nSPS) is 22.9. The fourth-order valence-corrected chi connectivity index (χ4v) is 3.26. The number of nitrogens with one attached hydrogen (secondary N) is 1. The second-order valence-corrected chi connectivity index (χ2v) is 6.07. The maximum absolute atomic E-state index is 11.4. The highest BCUT2D eigenvalue weighted by Gasteiger charge is 2.51. The summed E-state index contributed by atoms with van der Waals surface area (Å²) in [6, 6.07) is 0.0383. The highest BCUT2D eigenvalue weighted by molar-refractivity contribution is 7.11. The number of nitrogens with zero attached hydrogens (tertiary/aromatic N) is 4. The highest BCUT2D eigenvalue weighted by Crippen LogP contribution is 2.31. The van der Waals surface area contributed by atoms with E-state index in [-0.39, 0.29) is 11.6 Å². The van der Waals surface area contributed by atoms with Crippen molar-refractivity contribution in [1.29, 1.82) is 0 Å². The number of aryl methyl sites for hydroxylation is 1. The van der Waals surface area contributed by atoms with Crippen LogP contribution < -0.4 is 5.32 Å². The number of likely N-dealkylation sites (tertiary alicyclic amines) is 1. The maximum atomic E-state index is 11.4. The monoisotopic (exact) mass is 253 g/mol. The third kappa shape index (κ3) is 1.69. The van der Waals surface area contributed by atoms with E-state index in [1.54, 1.807) is 11.3 Å². The van der Waals surface area contributed by atoms with Crippen molar-refractivity contribution in [2.24, 2.45) is 0 Å². The van der Waals surface area contributed by atoms with Gasteiger partial charge < -0.3 is 10.2 Å². The fourth-order valence-electron chi connectivity index (χ4n) is 2.51. The van der Waals surface area contributed by atoms with Crippen molar-refractivity contribution in [2.75, 3.05) is 26.7 Å². The molecule has 7 heteroatoms. The van der Waals surface area contributed by atoms with Gasteiger partial charge in [0.05, 0.1) is 12.1 Å². The van der Waals surface area contributed by atoms with Gasteiger partial charge in [0.1, 0.15) is 10.0 Å². The number of carbonyl (C=O) groups is 1. The molecule has 3 heterocycles. The first kappa shape index (κ1) is 10.9. The lowest BCUT2D eigenvalue weighted by atomic mass is 9.89. The molecule has 2 amide bonds. The van der Waals surface area contributed by atoms with Gasteiger partial charge in [0.2, 0.25) is 0 Å². The molecule has 1 N–H and O–H groups in total. The van der Waals surface area contributed by atoms with E-state index in [1.165, 1.54) is 0 Å². The van der Waals surface area contributed by atoms with E-state index in [1.807, 2.05) is 18.9 Å². The predicted octanol–water partition coefficient (Wildman–Crippen LogP) is 0.0559. The summed E-state index contributed by atoms with van der Waals surface area (Å²) in [5.74, 6) is 0. The van der Waals surface area contributed by atoms with Gasteiger partial charge in [-0.3, -0.25) is 4.90 Å². The quantitative estimate of drug-likeness (QED) is 0.809. The van der Waals surface area contributed by atoms with Crippen LogP contribution in [0.25, 0.3) is 0 Å². The van der Waals surface area contributed by atoms with E-state index in [0.717, 1.165) is 36.2 Å². The van der Waals surface area contributed by atoms with Crippen LogP contribution in [0.5, 0.6) is 0 Å². The molecular weight excluding hydrogens is 238 g/mol. The number of amides is 2. The summed E-state index contributed by atoms with van der Waals surface area (Å²) in [5.41, 5.74) is 0.0107. The van der Waals surface area contributed by atoms with Crippen LogP contribution in [0.4, 0.5) is 4.79 Å². The first-order valence-corrected chi connectivity index (χ1v) is 6.44. The van der Waals surface area contributed by atoms with E-state index in [2.05, 4.69) is 20.4 Å². The second kappa shape index (κ2) is 3.64. The minimum atomic E-state index is 0.0107. The standard InChI is InChI=1S/C10H15N5OS/c1-7-12-13-8(17-7)3-15-5-10(6-15)4-11-9(16)14(10)2/h3-6H2,1-2H3,(H,11,16). The minimum Gasteiger partial charge on any atom is -0.336 e. The second-order valence-electron chi connectivity index (χ2n) is 4.80. The largest absolute Gasteiger partial charge is 0.336 e. The molecule has 17 heavy (non-hydrogen) atoms. The van der Waals surface area contributed by atoms with Crippen LogP contribution in [0.15, 0.2) is 0 Å². The van der Waals surface area contributed by atoms with Crippen LogP contribution in [-0.2, 0) is 6.54 Å². The molecule has 1 spiro atoms. The fraction of sp³-hybridized carbons (Fsp3) is 0.700. The van der Waals surface area contributed by atoms with Crippen LogP contribution in [0, 0.1) is 6.92 Å². The van der Waals surface area contributed by atoms with Gasteiger partial charge in [-0.15, -0.1) is 21.5 Å². The Kier molecular flexibility index (Phi) is 2.34. The van der Waals surface area contributed by atoms with E-state index in [9.17, 15) is 4.79 Å². The lowest BCUT2D eigenvalue weighted by molar-refractivity contribution is -0.00119. The Morgan fingerprint density at radius 1 is 1.47 bits per heavy atom. The molecule has 0 radical (unpaired) electrons. The molecule has 2 fully saturated rings. The summed E-state index contributed by atoms with van der Waals surface area (Å²) >= 11 is 1.64. The number of carbonyl (C=O) groups excluding carboxylic acids is 1. The molecule has 0 bridgehead atoms. The third-order valence-electron chi connectivity index (χ3n) is 3.55. The lowest BCUT2D eigenvalue weighted by Gasteiger charge is -2.50. The summed E-state index contributed by atoms with van der Waals surface area (Å²) in [5, 5.41) is 13.1. The zero-order valence-corrected chi connectivity index (χ0v) is 10.8. The van der Waals surface area contributed by atoms with Crippen molar-refractivity contribution in [3.05, 3.63) is 10.0 Å². The Labute approximate surface area is 104 Å². The van der Waals surface area contributed by atoms with Gasteiger partial charge in [-0.1, -0.05) is 0 Å². The van der Waals surface area contributed by atoms with Gasteiger partial charge in [-0.25, -0.2) is 4.79 Å². The molecule has 0 unspecified atom stereocenters. The number of rotatable bonds is 2. The third-order valence-corrected chi connectivity index (χ3v) is 4.37. The number of urea groups is 1. The van der Waals surface area contributed by atoms with Crippen molar-refractivity contribution >= 4 is 17.4 Å². The molecule has 2 saturated heterocycles. The Morgan fingerprint density at radius 2 is 2.24 bits per heavy atom. The van der Waals surface area contributed by atoms with Gasteiger partial charge in [0, 0.05) is 26.7 Å². The molecule has 0 aromatic carbocycles. The van der Waals surface area contributed by atoms with Crippen LogP contribution in [0.1, 0.15) is 10.0 Å². The zero-order chi connectivity index (χ0) is 12.0. The smallest absolute Gasteiger partial charge is 0.317 e. The van der Waals surface area contributed by atoms with Crippen LogP contribution in [0.2, 0.25) is 0 Å². The summed E-state index contributed by atoms with van der Waals surface area (Å²) in [7, 11) is 1.87. The predicted molar refractivity (Wildman–Crippen MR) is 63.8 cm³/mol. The van der Waals surface area contributed by atoms with Crippen LogP contribution in [0.3, 0.4) is 0 Å². The molecule has 1 aromatic rings. The SMILES string of the molecule is Cc1nnc(CN2CC3(CNC(=O)N3C)C2)s1. The Hall–Kier alpha value is -1.21. The van der Waals surface area contributed by atoms with Gasteiger partial charge in [-0.2, -0.15) is 0 Å². The summed E-state index contributed by atoms with van der Waals surface area (Å²) in [4.78, 5) is 15.6. The first-order valence-electron chi connectivity index (χ1n) is 5.62. The number of hydrogen-bond acceptors (Lipinski definition) is 5. The summed E-state index contributed by atoms with van der Waals surface area (Å²) in [6.07, 6.45) is 0. The molecule has 2 aliphatic heterocycles. The minimum absolute atomic E-state index is 0.0107. The molecular formula is C10H15N5OS. The van der Waals surface area contributed by atoms with E-state index in [0.29, 0.717) is 0 Å². The molecule has 92 valence electrons. The van der Waals surface area contributed by atoms with Crippen molar-refractivity contribution in [2.45, 2.75) is 19.0 Å². The van der Waals surface area contributed by atoms with Crippen LogP contribution in [-0.4, -0.2) is 58.2 Å². The van der Waals surface area contributed by atoms with Crippen molar-refractivity contribution in [1.82, 2.24) is 25.3 Å². The van der Waals surface area contributed by atoms with Gasteiger partial charge in [-0.05, 0) is 6.92 Å². The summed E-state index contributed by atoms with van der Waals surface area (Å²) in [6.45, 7) is 5.40. The van der Waals surface area contributed by atoms with E-state index in [4.69, 9.17) is 0 Å². The average Bonchev–Trinajstić information content (AvgIpc) is 2.76. The topological polar surface area (TPSA) is 61.4 Å². The first-order chi connectivity index (χ1) is 8.09. The Bertz CT molecular complexity index is 453. The number of aromatic nitrogens is 2. The summed E-state index contributed by atoms with van der Waals surface area (Å²) < 4.78 is 0. The number of hydrogen-bond donors (Lipinski definition) is 1. The van der Waals surface area contributed by atoms with Gasteiger partial charge in [0.25, 0.3) is 0 Å². The average molecular weight is 253 g/mol. The lowest BCUT2D eigenvalue weighted by Crippen LogP contribution is -2.68. The Balaban J connectivity index is 1.60. The molecule has 2 aliphatic rings. The number of likely N-dealkylation sites (N-methyl/N-ethyl adjacent to an activating group) is 1. The van der Waals surface area contributed by atoms with E-state index < -0.39 is 0 Å². The zero-order valence-electron chi connectivity index (χ0n) is 9.93.